The fourth-order valence-corrected chi connectivity index (χ4v) is 3.01. The van der Waals surface area contributed by atoms with E-state index in [-0.39, 0.29) is 0 Å². The van der Waals surface area contributed by atoms with Crippen LogP contribution in [-0.4, -0.2) is 19.7 Å². The predicted molar refractivity (Wildman–Crippen MR) is 98.0 cm³/mol. The largest absolute Gasteiger partial charge is 0.334 e. The van der Waals surface area contributed by atoms with E-state index < -0.39 is 11.1 Å². The van der Waals surface area contributed by atoms with Gasteiger partial charge in [-0.2, -0.15) is 4.98 Å². The summed E-state index contributed by atoms with van der Waals surface area (Å²) in [5, 5.41) is 4.05. The third-order valence-corrected chi connectivity index (χ3v) is 4.40. The molecule has 4 aromatic rings. The number of benzene rings is 2. The fourth-order valence-electron chi connectivity index (χ4n) is 3.01. The average Bonchev–Trinajstić information content (AvgIpc) is 3.09. The molecule has 0 saturated carbocycles. The van der Waals surface area contributed by atoms with Gasteiger partial charge in [-0.25, -0.2) is 0 Å². The SMILES string of the molecule is Cc1ccc(-c2nc(-c3ccc4c(c3)[nH]c(=O)c(=O)n4C)no2)c(C)c1. The Kier molecular flexibility index (Phi) is 3.57. The van der Waals surface area contributed by atoms with Crippen LogP contribution < -0.4 is 11.1 Å². The second kappa shape index (κ2) is 5.80. The second-order valence-electron chi connectivity index (χ2n) is 6.29. The van der Waals surface area contributed by atoms with Gasteiger partial charge in [0.05, 0.1) is 11.0 Å². The van der Waals surface area contributed by atoms with Crippen molar-refractivity contribution in [1.29, 1.82) is 0 Å². The summed E-state index contributed by atoms with van der Waals surface area (Å²) >= 11 is 0. The Bertz CT molecular complexity index is 1260. The van der Waals surface area contributed by atoms with Gasteiger partial charge in [0.1, 0.15) is 0 Å². The molecule has 0 amide bonds. The lowest BCUT2D eigenvalue weighted by atomic mass is 10.1. The highest BCUT2D eigenvalue weighted by Gasteiger charge is 2.14. The zero-order valence-corrected chi connectivity index (χ0v) is 14.5. The molecule has 0 aliphatic rings. The first-order valence-electron chi connectivity index (χ1n) is 8.09. The number of aromatic nitrogens is 4. The Labute approximate surface area is 147 Å². The number of nitrogens with one attached hydrogen (secondary N) is 1. The number of hydrogen-bond acceptors (Lipinski definition) is 5. The minimum Gasteiger partial charge on any atom is -0.334 e. The van der Waals surface area contributed by atoms with Gasteiger partial charge in [-0.1, -0.05) is 22.9 Å². The van der Waals surface area contributed by atoms with Gasteiger partial charge in [0.15, 0.2) is 0 Å². The molecular formula is C19H16N4O3. The van der Waals surface area contributed by atoms with Gasteiger partial charge in [0, 0.05) is 18.2 Å². The Morgan fingerprint density at radius 2 is 1.88 bits per heavy atom. The van der Waals surface area contributed by atoms with Gasteiger partial charge in [0.25, 0.3) is 5.89 Å². The number of fused-ring (bicyclic) bond motifs is 1. The summed E-state index contributed by atoms with van der Waals surface area (Å²) in [6.45, 7) is 4.02. The standard InChI is InChI=1S/C19H16N4O3/c1-10-4-6-13(11(2)8-10)18-21-16(22-26-18)12-5-7-15-14(9-12)20-17(24)19(25)23(15)3/h4-9H,1-3H3,(H,20,24). The zero-order valence-electron chi connectivity index (χ0n) is 14.5. The highest BCUT2D eigenvalue weighted by molar-refractivity contribution is 5.80. The van der Waals surface area contributed by atoms with E-state index in [0.29, 0.717) is 28.3 Å². The van der Waals surface area contributed by atoms with E-state index in [4.69, 9.17) is 4.52 Å². The molecule has 0 bridgehead atoms. The normalized spacial score (nSPS) is 11.2. The molecule has 0 unspecified atom stereocenters. The molecule has 0 radical (unpaired) electrons. The molecule has 130 valence electrons. The third kappa shape index (κ3) is 2.54. The van der Waals surface area contributed by atoms with Crippen molar-refractivity contribution in [3.05, 3.63) is 68.2 Å². The Morgan fingerprint density at radius 3 is 2.65 bits per heavy atom. The van der Waals surface area contributed by atoms with E-state index >= 15 is 0 Å². The fraction of sp³-hybridized carbons (Fsp3) is 0.158. The molecule has 1 N–H and O–H groups in total. The van der Waals surface area contributed by atoms with Crippen LogP contribution in [0.3, 0.4) is 0 Å². The molecule has 7 heteroatoms. The van der Waals surface area contributed by atoms with Crippen LogP contribution in [0.25, 0.3) is 33.9 Å². The van der Waals surface area contributed by atoms with Crippen LogP contribution >= 0.6 is 0 Å². The number of hydrogen-bond donors (Lipinski definition) is 1. The van der Waals surface area contributed by atoms with E-state index in [1.54, 1.807) is 25.2 Å². The molecule has 4 rings (SSSR count). The zero-order chi connectivity index (χ0) is 18.4. The molecule has 2 heterocycles. The highest BCUT2D eigenvalue weighted by Crippen LogP contribution is 2.26. The lowest BCUT2D eigenvalue weighted by molar-refractivity contribution is 0.432. The summed E-state index contributed by atoms with van der Waals surface area (Å²) in [4.78, 5) is 30.5. The molecule has 0 spiro atoms. The van der Waals surface area contributed by atoms with E-state index in [0.717, 1.165) is 16.7 Å². The van der Waals surface area contributed by atoms with Crippen molar-refractivity contribution < 1.29 is 4.52 Å². The molecule has 0 aliphatic heterocycles. The van der Waals surface area contributed by atoms with Crippen molar-refractivity contribution in [3.63, 3.8) is 0 Å². The first-order valence-corrected chi connectivity index (χ1v) is 8.09. The molecule has 7 nitrogen and oxygen atoms in total. The lowest BCUT2D eigenvalue weighted by Crippen LogP contribution is -2.34. The third-order valence-electron chi connectivity index (χ3n) is 4.40. The first-order chi connectivity index (χ1) is 12.4. The number of rotatable bonds is 2. The number of aryl methyl sites for hydroxylation is 3. The lowest BCUT2D eigenvalue weighted by Gasteiger charge is -2.04. The maximum absolute atomic E-state index is 11.7. The molecule has 2 aromatic heterocycles. The van der Waals surface area contributed by atoms with Gasteiger partial charge in [-0.3, -0.25) is 9.59 Å². The summed E-state index contributed by atoms with van der Waals surface area (Å²) in [6.07, 6.45) is 0. The topological polar surface area (TPSA) is 93.8 Å². The molecule has 0 atom stereocenters. The maximum atomic E-state index is 11.7. The Hall–Kier alpha value is -3.48. The quantitative estimate of drug-likeness (QED) is 0.562. The number of nitrogens with zero attached hydrogens (tertiary/aromatic N) is 3. The minimum atomic E-state index is -0.666. The Balaban J connectivity index is 1.81. The van der Waals surface area contributed by atoms with Gasteiger partial charge in [-0.15, -0.1) is 0 Å². The average molecular weight is 348 g/mol. The van der Waals surface area contributed by atoms with Gasteiger partial charge >= 0.3 is 11.1 Å². The van der Waals surface area contributed by atoms with Crippen molar-refractivity contribution in [2.45, 2.75) is 13.8 Å². The number of H-pyrrole nitrogens is 1. The van der Waals surface area contributed by atoms with Crippen LogP contribution in [0.5, 0.6) is 0 Å². The summed E-state index contributed by atoms with van der Waals surface area (Å²) in [7, 11) is 1.56. The van der Waals surface area contributed by atoms with Gasteiger partial charge < -0.3 is 14.1 Å². The van der Waals surface area contributed by atoms with Crippen molar-refractivity contribution in [2.24, 2.45) is 7.05 Å². The monoisotopic (exact) mass is 348 g/mol. The summed E-state index contributed by atoms with van der Waals surface area (Å²) in [5.74, 6) is 0.850. The van der Waals surface area contributed by atoms with E-state index in [1.165, 1.54) is 4.57 Å². The molecule has 0 fully saturated rings. The van der Waals surface area contributed by atoms with Crippen molar-refractivity contribution >= 4 is 11.0 Å². The summed E-state index contributed by atoms with van der Waals surface area (Å²) < 4.78 is 6.73. The van der Waals surface area contributed by atoms with Crippen LogP contribution in [0, 0.1) is 13.8 Å². The maximum Gasteiger partial charge on any atom is 0.316 e. The van der Waals surface area contributed by atoms with Crippen molar-refractivity contribution in [3.8, 4) is 22.8 Å². The molecule has 26 heavy (non-hydrogen) atoms. The molecule has 0 aliphatic carbocycles. The van der Waals surface area contributed by atoms with E-state index in [2.05, 4.69) is 21.2 Å². The minimum absolute atomic E-state index is 0.413. The first kappa shape index (κ1) is 16.0. The van der Waals surface area contributed by atoms with Gasteiger partial charge in [-0.05, 0) is 43.7 Å². The Morgan fingerprint density at radius 1 is 1.08 bits per heavy atom. The van der Waals surface area contributed by atoms with Crippen LogP contribution in [0.4, 0.5) is 0 Å². The van der Waals surface area contributed by atoms with Crippen molar-refractivity contribution in [1.82, 2.24) is 19.7 Å². The highest BCUT2D eigenvalue weighted by atomic mass is 16.5. The van der Waals surface area contributed by atoms with Crippen LogP contribution in [0.15, 0.2) is 50.5 Å². The van der Waals surface area contributed by atoms with Crippen LogP contribution in [0.1, 0.15) is 11.1 Å². The van der Waals surface area contributed by atoms with Crippen LogP contribution in [0.2, 0.25) is 0 Å². The number of aromatic amines is 1. The molecular weight excluding hydrogens is 332 g/mol. The van der Waals surface area contributed by atoms with E-state index in [1.807, 2.05) is 26.0 Å². The van der Waals surface area contributed by atoms with Crippen molar-refractivity contribution in [2.75, 3.05) is 0 Å². The summed E-state index contributed by atoms with van der Waals surface area (Å²) in [6, 6.07) is 11.3. The molecule has 2 aromatic carbocycles. The second-order valence-corrected chi connectivity index (χ2v) is 6.29. The molecule has 0 saturated heterocycles. The summed E-state index contributed by atoms with van der Waals surface area (Å²) in [5.41, 5.74) is 3.68. The van der Waals surface area contributed by atoms with E-state index in [9.17, 15) is 9.59 Å². The van der Waals surface area contributed by atoms with Crippen LogP contribution in [-0.2, 0) is 7.05 Å². The predicted octanol–water partition coefficient (Wildman–Crippen LogP) is 2.56. The van der Waals surface area contributed by atoms with Gasteiger partial charge in [0.2, 0.25) is 5.82 Å². The smallest absolute Gasteiger partial charge is 0.316 e.